The largest absolute Gasteiger partial charge is 0.543 e. The van der Waals surface area contributed by atoms with Gasteiger partial charge in [0.1, 0.15) is 5.75 Å². The first-order valence-electron chi connectivity index (χ1n) is 6.58. The number of halogens is 1. The molecule has 0 heterocycles. The number of rotatable bonds is 4. The first-order valence-corrected chi connectivity index (χ1v) is 10.6. The van der Waals surface area contributed by atoms with Gasteiger partial charge in [0.05, 0.1) is 12.7 Å². The molecular formula is C15H23BrO3Si. The molecule has 0 aliphatic heterocycles. The average Bonchev–Trinajstić information content (AvgIpc) is 2.36. The van der Waals surface area contributed by atoms with Crippen molar-refractivity contribution in [2.24, 2.45) is 0 Å². The Morgan fingerprint density at radius 2 is 1.90 bits per heavy atom. The van der Waals surface area contributed by atoms with E-state index in [1.54, 1.807) is 12.1 Å². The number of carbonyl (C=O) groups is 1. The predicted molar refractivity (Wildman–Crippen MR) is 88.2 cm³/mol. The molecule has 112 valence electrons. The predicted octanol–water partition coefficient (Wildman–Crippen LogP) is 4.75. The summed E-state index contributed by atoms with van der Waals surface area (Å²) in [6.45, 7) is 11.0. The molecule has 0 fully saturated rings. The number of benzene rings is 1. The minimum Gasteiger partial charge on any atom is -0.543 e. The van der Waals surface area contributed by atoms with Crippen LogP contribution in [0.15, 0.2) is 18.2 Å². The smallest absolute Gasteiger partial charge is 0.337 e. The van der Waals surface area contributed by atoms with E-state index in [1.807, 2.05) is 6.07 Å². The first kappa shape index (κ1) is 17.2. The van der Waals surface area contributed by atoms with Crippen LogP contribution in [0.5, 0.6) is 5.75 Å². The molecule has 0 N–H and O–H groups in total. The minimum atomic E-state index is -1.93. The summed E-state index contributed by atoms with van der Waals surface area (Å²) in [5, 5.41) is 0.802. The highest BCUT2D eigenvalue weighted by Crippen LogP contribution is 2.38. The molecule has 0 bridgehead atoms. The molecule has 0 spiro atoms. The molecule has 0 amide bonds. The molecule has 1 aromatic rings. The standard InChI is InChI=1S/C15H23BrO3Si/c1-15(2,3)20(5,6)19-13-9-11(14(17)18-4)7-8-12(13)10-16/h7-9H,10H2,1-6H3. The van der Waals surface area contributed by atoms with Crippen LogP contribution < -0.4 is 4.43 Å². The van der Waals surface area contributed by atoms with Crippen LogP contribution >= 0.6 is 15.9 Å². The fourth-order valence-electron chi connectivity index (χ4n) is 1.43. The van der Waals surface area contributed by atoms with Gasteiger partial charge in [-0.3, -0.25) is 0 Å². The van der Waals surface area contributed by atoms with E-state index < -0.39 is 8.32 Å². The van der Waals surface area contributed by atoms with Gasteiger partial charge < -0.3 is 9.16 Å². The summed E-state index contributed by atoms with van der Waals surface area (Å²) in [5.74, 6) is 0.433. The van der Waals surface area contributed by atoms with E-state index in [-0.39, 0.29) is 11.0 Å². The lowest BCUT2D eigenvalue weighted by Crippen LogP contribution is -2.44. The quantitative estimate of drug-likeness (QED) is 0.442. The van der Waals surface area contributed by atoms with Crippen molar-refractivity contribution in [3.8, 4) is 5.75 Å². The number of ether oxygens (including phenoxy) is 1. The molecule has 20 heavy (non-hydrogen) atoms. The molecule has 0 aliphatic rings. The van der Waals surface area contributed by atoms with Gasteiger partial charge >= 0.3 is 5.97 Å². The maximum absolute atomic E-state index is 11.6. The topological polar surface area (TPSA) is 35.5 Å². The van der Waals surface area contributed by atoms with Gasteiger partial charge in [0.25, 0.3) is 0 Å². The molecule has 0 unspecified atom stereocenters. The van der Waals surface area contributed by atoms with E-state index in [0.717, 1.165) is 11.3 Å². The van der Waals surface area contributed by atoms with Gasteiger partial charge in [-0.25, -0.2) is 4.79 Å². The van der Waals surface area contributed by atoms with Crippen molar-refractivity contribution in [2.75, 3.05) is 7.11 Å². The second kappa shape index (κ2) is 6.31. The third kappa shape index (κ3) is 3.85. The van der Waals surface area contributed by atoms with Crippen molar-refractivity contribution in [2.45, 2.75) is 44.2 Å². The summed E-state index contributed by atoms with van der Waals surface area (Å²) >= 11 is 3.46. The summed E-state index contributed by atoms with van der Waals surface area (Å²) in [5.41, 5.74) is 1.56. The molecule has 5 heteroatoms. The van der Waals surface area contributed by atoms with Gasteiger partial charge in [0, 0.05) is 10.9 Å². The summed E-state index contributed by atoms with van der Waals surface area (Å²) in [6.07, 6.45) is 0. The molecule has 0 aromatic heterocycles. The fraction of sp³-hybridized carbons (Fsp3) is 0.533. The van der Waals surface area contributed by atoms with Crippen LogP contribution in [-0.4, -0.2) is 21.4 Å². The second-order valence-electron chi connectivity index (χ2n) is 6.31. The molecule has 0 aliphatic carbocycles. The minimum absolute atomic E-state index is 0.109. The van der Waals surface area contributed by atoms with Crippen molar-refractivity contribution in [1.82, 2.24) is 0 Å². The maximum atomic E-state index is 11.6. The summed E-state index contributed by atoms with van der Waals surface area (Å²) in [6, 6.07) is 5.45. The normalized spacial score (nSPS) is 12.2. The molecular weight excluding hydrogens is 336 g/mol. The molecule has 3 nitrogen and oxygen atoms in total. The van der Waals surface area contributed by atoms with Crippen LogP contribution in [0, 0.1) is 0 Å². The van der Waals surface area contributed by atoms with Crippen molar-refractivity contribution in [3.63, 3.8) is 0 Å². The Morgan fingerprint density at radius 1 is 1.30 bits per heavy atom. The van der Waals surface area contributed by atoms with E-state index in [9.17, 15) is 4.79 Å². The van der Waals surface area contributed by atoms with E-state index in [2.05, 4.69) is 49.8 Å². The van der Waals surface area contributed by atoms with Crippen molar-refractivity contribution >= 4 is 30.2 Å². The molecule has 1 rings (SSSR count). The van der Waals surface area contributed by atoms with Crippen LogP contribution in [0.2, 0.25) is 18.1 Å². The third-order valence-corrected chi connectivity index (χ3v) is 8.75. The van der Waals surface area contributed by atoms with Crippen LogP contribution in [0.1, 0.15) is 36.7 Å². The van der Waals surface area contributed by atoms with Gasteiger partial charge in [-0.1, -0.05) is 42.8 Å². The summed E-state index contributed by atoms with van der Waals surface area (Å²) in [4.78, 5) is 11.6. The van der Waals surface area contributed by atoms with E-state index >= 15 is 0 Å². The zero-order valence-corrected chi connectivity index (χ0v) is 15.6. The number of alkyl halides is 1. The first-order chi connectivity index (χ1) is 9.12. The Morgan fingerprint density at radius 3 is 2.35 bits per heavy atom. The lowest BCUT2D eigenvalue weighted by atomic mass is 10.1. The van der Waals surface area contributed by atoms with Crippen LogP contribution in [0.25, 0.3) is 0 Å². The zero-order chi connectivity index (χ0) is 15.6. The Kier molecular flexibility index (Phi) is 5.44. The number of hydrogen-bond donors (Lipinski definition) is 0. The summed E-state index contributed by atoms with van der Waals surface area (Å²) in [7, 11) is -0.550. The Balaban J connectivity index is 3.18. The molecule has 0 atom stereocenters. The Hall–Kier alpha value is -0.813. The third-order valence-electron chi connectivity index (χ3n) is 3.80. The van der Waals surface area contributed by atoms with E-state index in [0.29, 0.717) is 10.9 Å². The van der Waals surface area contributed by atoms with E-state index in [1.165, 1.54) is 7.11 Å². The summed E-state index contributed by atoms with van der Waals surface area (Å²) < 4.78 is 11.1. The highest BCUT2D eigenvalue weighted by molar-refractivity contribution is 9.08. The van der Waals surface area contributed by atoms with E-state index in [4.69, 9.17) is 9.16 Å². The van der Waals surface area contributed by atoms with Gasteiger partial charge in [-0.15, -0.1) is 0 Å². The fourth-order valence-corrected chi connectivity index (χ4v) is 2.94. The van der Waals surface area contributed by atoms with Crippen molar-refractivity contribution in [1.29, 1.82) is 0 Å². The Bertz CT molecular complexity index is 492. The van der Waals surface area contributed by atoms with Crippen molar-refractivity contribution in [3.05, 3.63) is 29.3 Å². The molecule has 1 aromatic carbocycles. The Labute approximate surface area is 130 Å². The maximum Gasteiger partial charge on any atom is 0.337 e. The van der Waals surface area contributed by atoms with Crippen molar-refractivity contribution < 1.29 is 14.0 Å². The lowest BCUT2D eigenvalue weighted by Gasteiger charge is -2.37. The molecule has 0 saturated carbocycles. The molecule has 0 saturated heterocycles. The van der Waals surface area contributed by atoms with Gasteiger partial charge in [-0.05, 0) is 30.3 Å². The zero-order valence-electron chi connectivity index (χ0n) is 13.0. The van der Waals surface area contributed by atoms with Gasteiger partial charge in [0.15, 0.2) is 0 Å². The van der Waals surface area contributed by atoms with Crippen LogP contribution in [0.3, 0.4) is 0 Å². The number of methoxy groups -OCH3 is 1. The highest BCUT2D eigenvalue weighted by atomic mass is 79.9. The highest BCUT2D eigenvalue weighted by Gasteiger charge is 2.39. The van der Waals surface area contributed by atoms with Crippen LogP contribution in [-0.2, 0) is 10.1 Å². The second-order valence-corrected chi connectivity index (χ2v) is 11.6. The molecule has 0 radical (unpaired) electrons. The van der Waals surface area contributed by atoms with Crippen LogP contribution in [0.4, 0.5) is 0 Å². The SMILES string of the molecule is COC(=O)c1ccc(CBr)c(O[Si](C)(C)C(C)(C)C)c1. The lowest BCUT2D eigenvalue weighted by molar-refractivity contribution is 0.0600. The van der Waals surface area contributed by atoms with Gasteiger partial charge in [-0.2, -0.15) is 0 Å². The van der Waals surface area contributed by atoms with Gasteiger partial charge in [0.2, 0.25) is 8.32 Å². The number of carbonyl (C=O) groups excluding carboxylic acids is 1. The average molecular weight is 359 g/mol. The monoisotopic (exact) mass is 358 g/mol. The number of esters is 1. The number of hydrogen-bond acceptors (Lipinski definition) is 3.